The molecule has 32 heavy (non-hydrogen) atoms. The molecule has 13 heteroatoms. The first-order chi connectivity index (χ1) is 14.9. The van der Waals surface area contributed by atoms with Gasteiger partial charge in [-0.15, -0.1) is 0 Å². The molecule has 3 rings (SSSR count). The van der Waals surface area contributed by atoms with Gasteiger partial charge in [-0.3, -0.25) is 9.58 Å². The van der Waals surface area contributed by atoms with E-state index in [1.54, 1.807) is 14.1 Å². The zero-order valence-corrected chi connectivity index (χ0v) is 19.2. The molecule has 1 N–H and O–H groups in total. The number of carboxylic acids is 1. The maximum Gasteiger partial charge on any atom is 0.338 e. The van der Waals surface area contributed by atoms with Crippen LogP contribution in [0.3, 0.4) is 0 Å². The first-order valence-electron chi connectivity index (χ1n) is 9.45. The summed E-state index contributed by atoms with van der Waals surface area (Å²) in [5, 5.41) is 26.4. The number of aryl methyl sites for hydroxylation is 3. The number of nitro groups is 1. The van der Waals surface area contributed by atoms with Crippen molar-refractivity contribution in [3.63, 3.8) is 0 Å². The molecule has 174 valence electrons. The highest BCUT2D eigenvalue weighted by Crippen LogP contribution is 2.25. The Labute approximate surface area is 189 Å². The van der Waals surface area contributed by atoms with E-state index < -0.39 is 22.4 Å². The molecule has 0 atom stereocenters. The van der Waals surface area contributed by atoms with Gasteiger partial charge in [0.2, 0.25) is 0 Å². The number of halogens is 2. The van der Waals surface area contributed by atoms with Gasteiger partial charge in [0.15, 0.2) is 5.03 Å². The molecule has 0 saturated carbocycles. The van der Waals surface area contributed by atoms with Gasteiger partial charge in [0, 0.05) is 30.4 Å². The lowest BCUT2D eigenvalue weighted by molar-refractivity contribution is -0.486. The predicted octanol–water partition coefficient (Wildman–Crippen LogP) is 2.36. The lowest BCUT2D eigenvalue weighted by Crippen LogP contribution is -2.56. The van der Waals surface area contributed by atoms with Crippen molar-refractivity contribution < 1.29 is 19.3 Å². The van der Waals surface area contributed by atoms with Gasteiger partial charge in [-0.1, -0.05) is 11.6 Å². The van der Waals surface area contributed by atoms with Crippen LogP contribution in [0.15, 0.2) is 23.3 Å². The highest BCUT2D eigenvalue weighted by atomic mass is 35.5. The van der Waals surface area contributed by atoms with Gasteiger partial charge in [0.05, 0.1) is 31.1 Å². The van der Waals surface area contributed by atoms with E-state index in [-0.39, 0.29) is 29.8 Å². The summed E-state index contributed by atoms with van der Waals surface area (Å²) in [6.45, 7) is 4.51. The molecule has 0 amide bonds. The van der Waals surface area contributed by atoms with Crippen molar-refractivity contribution in [1.82, 2.24) is 24.5 Å². The van der Waals surface area contributed by atoms with Crippen LogP contribution in [0.5, 0.6) is 0 Å². The molecule has 0 spiro atoms. The number of aromatic carboxylic acids is 1. The van der Waals surface area contributed by atoms with Crippen molar-refractivity contribution in [3.05, 3.63) is 61.7 Å². The topological polar surface area (TPSA) is 120 Å². The van der Waals surface area contributed by atoms with Gasteiger partial charge in [-0.25, -0.2) is 19.3 Å². The largest absolute Gasteiger partial charge is 0.478 e. The summed E-state index contributed by atoms with van der Waals surface area (Å²) in [6.07, 6.45) is 0. The quantitative estimate of drug-likeness (QED) is 0.535. The number of rotatable bonds is 4. The van der Waals surface area contributed by atoms with Gasteiger partial charge in [-0.2, -0.15) is 5.10 Å². The smallest absolute Gasteiger partial charge is 0.338 e. The van der Waals surface area contributed by atoms with Crippen LogP contribution in [0, 0.1) is 29.8 Å². The third kappa shape index (κ3) is 6.14. The van der Waals surface area contributed by atoms with Gasteiger partial charge in [-0.05, 0) is 39.1 Å². The minimum absolute atomic E-state index is 0.0360. The summed E-state index contributed by atoms with van der Waals surface area (Å²) in [6, 6.07) is 4.41. The Morgan fingerprint density at radius 3 is 2.44 bits per heavy atom. The molecule has 0 radical (unpaired) electrons. The van der Waals surface area contributed by atoms with E-state index in [9.17, 15) is 19.3 Å². The number of hydrogen-bond acceptors (Lipinski definition) is 5. The fourth-order valence-corrected chi connectivity index (χ4v) is 3.44. The van der Waals surface area contributed by atoms with Gasteiger partial charge in [0.1, 0.15) is 10.9 Å². The molecular formula is C19H25ClFN7O4. The van der Waals surface area contributed by atoms with E-state index in [2.05, 4.69) is 16.3 Å². The van der Waals surface area contributed by atoms with Crippen LogP contribution in [0.1, 0.15) is 27.3 Å². The Hall–Kier alpha value is -3.25. The van der Waals surface area contributed by atoms with Crippen LogP contribution in [0.4, 0.5) is 4.39 Å². The molecule has 1 aliphatic heterocycles. The molecule has 1 aromatic carbocycles. The molecule has 11 nitrogen and oxygen atoms in total. The number of carboxylic acid groups (broad SMARTS) is 1. The highest BCUT2D eigenvalue weighted by molar-refractivity contribution is 6.31. The molecular weight excluding hydrogens is 445 g/mol. The van der Waals surface area contributed by atoms with Crippen molar-refractivity contribution in [2.75, 3.05) is 27.4 Å². The van der Waals surface area contributed by atoms with Gasteiger partial charge < -0.3 is 14.9 Å². The minimum atomic E-state index is -1.42. The fraction of sp³-hybridized carbons (Fsp3) is 0.421. The van der Waals surface area contributed by atoms with E-state index in [0.717, 1.165) is 11.8 Å². The Morgan fingerprint density at radius 1 is 1.31 bits per heavy atom. The number of aromatic nitrogens is 2. The Morgan fingerprint density at radius 2 is 1.97 bits per heavy atom. The van der Waals surface area contributed by atoms with E-state index >= 15 is 0 Å². The summed E-state index contributed by atoms with van der Waals surface area (Å²) in [5.74, 6) is -2.35. The average Bonchev–Trinajstić information content (AvgIpc) is 2.96. The highest BCUT2D eigenvalue weighted by Gasteiger charge is 2.29. The second kappa shape index (κ2) is 10.4. The lowest BCUT2D eigenvalue weighted by atomic mass is 10.1. The molecule has 1 saturated heterocycles. The van der Waals surface area contributed by atoms with Crippen molar-refractivity contribution in [1.29, 1.82) is 0 Å². The monoisotopic (exact) mass is 469 g/mol. The standard InChI is InChI=1S/C13H15ClFN5O4.C6H10N2/c1-17-6-18(2)13(16-20(23)24)19(7-17)5-9-10(14)4-3-8(11(9)15)12(21)22;1-5-4-6(2)8(3)7-5/h3-4H,5-7H2,1-2H3,(H,21,22);4H,1-3H3/b16-13-;. The summed E-state index contributed by atoms with van der Waals surface area (Å²) in [7, 11) is 5.33. The van der Waals surface area contributed by atoms with Crippen LogP contribution in [0.2, 0.25) is 5.02 Å². The van der Waals surface area contributed by atoms with E-state index in [0.29, 0.717) is 6.67 Å². The summed E-state index contributed by atoms with van der Waals surface area (Å²) >= 11 is 5.99. The Kier molecular flexibility index (Phi) is 8.11. The Balaban J connectivity index is 0.000000380. The maximum absolute atomic E-state index is 14.4. The van der Waals surface area contributed by atoms with Crippen LogP contribution >= 0.6 is 11.6 Å². The molecule has 0 aliphatic carbocycles. The minimum Gasteiger partial charge on any atom is -0.478 e. The Bertz CT molecular complexity index is 1020. The number of hydrogen-bond donors (Lipinski definition) is 1. The first-order valence-corrected chi connectivity index (χ1v) is 9.83. The zero-order chi connectivity index (χ0) is 24.2. The molecule has 2 heterocycles. The number of guanidine groups is 1. The van der Waals surface area contributed by atoms with Crippen molar-refractivity contribution in [2.45, 2.75) is 20.4 Å². The number of benzene rings is 1. The summed E-state index contributed by atoms with van der Waals surface area (Å²) in [5.41, 5.74) is 1.73. The summed E-state index contributed by atoms with van der Waals surface area (Å²) < 4.78 is 16.3. The van der Waals surface area contributed by atoms with E-state index in [1.165, 1.54) is 21.6 Å². The number of nitrogens with zero attached hydrogens (tertiary/aromatic N) is 7. The molecule has 1 aromatic heterocycles. The van der Waals surface area contributed by atoms with Crippen molar-refractivity contribution in [2.24, 2.45) is 12.1 Å². The first kappa shape index (κ1) is 25.0. The number of carbonyl (C=O) groups is 1. The molecule has 0 bridgehead atoms. The van der Waals surface area contributed by atoms with E-state index in [4.69, 9.17) is 16.7 Å². The van der Waals surface area contributed by atoms with Gasteiger partial charge >= 0.3 is 5.97 Å². The van der Waals surface area contributed by atoms with E-state index in [1.807, 2.05) is 30.5 Å². The third-order valence-corrected chi connectivity index (χ3v) is 5.02. The van der Waals surface area contributed by atoms with Crippen LogP contribution in [-0.2, 0) is 13.6 Å². The van der Waals surface area contributed by atoms with Crippen LogP contribution in [-0.4, -0.2) is 74.0 Å². The molecule has 1 aliphatic rings. The predicted molar refractivity (Wildman–Crippen MR) is 116 cm³/mol. The SMILES string of the molecule is CN1CN(C)/C(=N/[N+](=O)[O-])N(Cc2c(Cl)ccc(C(=O)O)c2F)C1.Cc1cc(C)n(C)n1. The lowest BCUT2D eigenvalue weighted by Gasteiger charge is -2.40. The van der Waals surface area contributed by atoms with Crippen molar-refractivity contribution in [3.8, 4) is 0 Å². The van der Waals surface area contributed by atoms with Gasteiger partial charge in [0.25, 0.3) is 5.96 Å². The normalized spacial score (nSPS) is 15.5. The van der Waals surface area contributed by atoms with Crippen LogP contribution < -0.4 is 0 Å². The maximum atomic E-state index is 14.4. The average molecular weight is 470 g/mol. The second-order valence-corrected chi connectivity index (χ2v) is 7.82. The summed E-state index contributed by atoms with van der Waals surface area (Å²) in [4.78, 5) is 26.6. The van der Waals surface area contributed by atoms with Crippen LogP contribution in [0.25, 0.3) is 0 Å². The van der Waals surface area contributed by atoms with Crippen molar-refractivity contribution >= 4 is 23.5 Å². The molecule has 2 aromatic rings. The second-order valence-electron chi connectivity index (χ2n) is 7.42. The molecule has 0 unspecified atom stereocenters. The molecule has 1 fully saturated rings. The fourth-order valence-electron chi connectivity index (χ4n) is 3.24. The number of hydrazone groups is 1. The third-order valence-electron chi connectivity index (χ3n) is 4.66. The zero-order valence-electron chi connectivity index (χ0n) is 18.4.